The summed E-state index contributed by atoms with van der Waals surface area (Å²) in [7, 11) is 0. The molecule has 0 saturated carbocycles. The molecule has 2 nitrogen and oxygen atoms in total. The molecule has 1 aromatic carbocycles. The van der Waals surface area contributed by atoms with Crippen molar-refractivity contribution >= 4 is 11.0 Å². The lowest BCUT2D eigenvalue weighted by atomic mass is 10.1. The SMILES string of the molecule is C=CCC(C)NC(C)c1cc2ccccc2o1. The molecular weight excluding hydrogens is 210 g/mol. The lowest BCUT2D eigenvalue weighted by Gasteiger charge is -2.16. The van der Waals surface area contributed by atoms with Gasteiger partial charge in [-0.15, -0.1) is 6.58 Å². The molecule has 0 aliphatic carbocycles. The quantitative estimate of drug-likeness (QED) is 0.782. The van der Waals surface area contributed by atoms with Crippen molar-refractivity contribution < 1.29 is 4.42 Å². The normalized spacial score (nSPS) is 14.7. The maximum atomic E-state index is 5.82. The maximum Gasteiger partial charge on any atom is 0.134 e. The molecule has 2 atom stereocenters. The summed E-state index contributed by atoms with van der Waals surface area (Å²) in [5, 5.41) is 4.65. The van der Waals surface area contributed by atoms with Crippen LogP contribution in [0.15, 0.2) is 47.4 Å². The first-order chi connectivity index (χ1) is 8.20. The highest BCUT2D eigenvalue weighted by Gasteiger charge is 2.12. The molecule has 0 aliphatic heterocycles. The minimum absolute atomic E-state index is 0.220. The lowest BCUT2D eigenvalue weighted by Crippen LogP contribution is -2.28. The highest BCUT2D eigenvalue weighted by molar-refractivity contribution is 5.77. The second-order valence-electron chi connectivity index (χ2n) is 4.50. The summed E-state index contributed by atoms with van der Waals surface area (Å²) >= 11 is 0. The second kappa shape index (κ2) is 5.19. The van der Waals surface area contributed by atoms with Crippen molar-refractivity contribution in [1.82, 2.24) is 5.32 Å². The van der Waals surface area contributed by atoms with Gasteiger partial charge in [0.1, 0.15) is 11.3 Å². The summed E-state index contributed by atoms with van der Waals surface area (Å²) in [4.78, 5) is 0. The minimum atomic E-state index is 0.220. The summed E-state index contributed by atoms with van der Waals surface area (Å²) in [6.07, 6.45) is 2.90. The van der Waals surface area contributed by atoms with Crippen LogP contribution >= 0.6 is 0 Å². The Labute approximate surface area is 102 Å². The molecule has 0 saturated heterocycles. The summed E-state index contributed by atoms with van der Waals surface area (Å²) in [6.45, 7) is 8.03. The molecule has 90 valence electrons. The number of furan rings is 1. The number of para-hydroxylation sites is 1. The average molecular weight is 229 g/mol. The Morgan fingerprint density at radius 1 is 1.35 bits per heavy atom. The van der Waals surface area contributed by atoms with E-state index < -0.39 is 0 Å². The van der Waals surface area contributed by atoms with Crippen LogP contribution < -0.4 is 5.32 Å². The van der Waals surface area contributed by atoms with Crippen molar-refractivity contribution in [2.24, 2.45) is 0 Å². The van der Waals surface area contributed by atoms with Crippen molar-refractivity contribution in [2.45, 2.75) is 32.4 Å². The molecule has 0 fully saturated rings. The van der Waals surface area contributed by atoms with Crippen LogP contribution in [0.3, 0.4) is 0 Å². The van der Waals surface area contributed by atoms with E-state index in [1.165, 1.54) is 0 Å². The third-order valence-electron chi connectivity index (χ3n) is 2.93. The van der Waals surface area contributed by atoms with Crippen LogP contribution in [-0.4, -0.2) is 6.04 Å². The molecule has 2 aromatic rings. The van der Waals surface area contributed by atoms with E-state index in [1.807, 2.05) is 24.3 Å². The molecule has 0 amide bonds. The van der Waals surface area contributed by atoms with Crippen molar-refractivity contribution in [1.29, 1.82) is 0 Å². The van der Waals surface area contributed by atoms with Crippen molar-refractivity contribution in [2.75, 3.05) is 0 Å². The number of fused-ring (bicyclic) bond motifs is 1. The van der Waals surface area contributed by atoms with Crippen molar-refractivity contribution in [3.8, 4) is 0 Å². The first-order valence-electron chi connectivity index (χ1n) is 6.06. The molecule has 0 aliphatic rings. The molecule has 0 spiro atoms. The molecule has 0 radical (unpaired) electrons. The number of nitrogens with one attached hydrogen (secondary N) is 1. The summed E-state index contributed by atoms with van der Waals surface area (Å²) in [5.74, 6) is 0.988. The van der Waals surface area contributed by atoms with E-state index in [2.05, 4.69) is 37.9 Å². The van der Waals surface area contributed by atoms with Gasteiger partial charge in [-0.05, 0) is 32.4 Å². The fraction of sp³-hybridized carbons (Fsp3) is 0.333. The van der Waals surface area contributed by atoms with E-state index in [0.717, 1.165) is 23.2 Å². The van der Waals surface area contributed by atoms with Crippen molar-refractivity contribution in [3.63, 3.8) is 0 Å². The van der Waals surface area contributed by atoms with Crippen LogP contribution in [0.2, 0.25) is 0 Å². The largest absolute Gasteiger partial charge is 0.459 e. The van der Waals surface area contributed by atoms with E-state index in [-0.39, 0.29) is 6.04 Å². The zero-order valence-corrected chi connectivity index (χ0v) is 10.4. The molecule has 1 aromatic heterocycles. The van der Waals surface area contributed by atoms with E-state index in [0.29, 0.717) is 6.04 Å². The first kappa shape index (κ1) is 11.9. The van der Waals surface area contributed by atoms with Gasteiger partial charge in [0, 0.05) is 11.4 Å². The number of hydrogen-bond donors (Lipinski definition) is 1. The summed E-state index contributed by atoms with van der Waals surface area (Å²) < 4.78 is 5.82. The van der Waals surface area contributed by atoms with Gasteiger partial charge in [0.25, 0.3) is 0 Å². The average Bonchev–Trinajstić information content (AvgIpc) is 2.72. The van der Waals surface area contributed by atoms with Gasteiger partial charge in [-0.25, -0.2) is 0 Å². The third kappa shape index (κ3) is 2.77. The fourth-order valence-electron chi connectivity index (χ4n) is 2.04. The van der Waals surface area contributed by atoms with Crippen LogP contribution in [0.25, 0.3) is 11.0 Å². The molecule has 1 heterocycles. The zero-order chi connectivity index (χ0) is 12.3. The van der Waals surface area contributed by atoms with E-state index in [1.54, 1.807) is 0 Å². The molecule has 2 heteroatoms. The fourth-order valence-corrected chi connectivity index (χ4v) is 2.04. The molecule has 2 unspecified atom stereocenters. The van der Waals surface area contributed by atoms with Crippen LogP contribution in [-0.2, 0) is 0 Å². The molecular formula is C15H19NO. The van der Waals surface area contributed by atoms with E-state index in [9.17, 15) is 0 Å². The number of hydrogen-bond acceptors (Lipinski definition) is 2. The predicted octanol–water partition coefficient (Wildman–Crippen LogP) is 4.05. The minimum Gasteiger partial charge on any atom is -0.459 e. The Morgan fingerprint density at radius 3 is 2.82 bits per heavy atom. The predicted molar refractivity (Wildman–Crippen MR) is 72.0 cm³/mol. The Bertz CT molecular complexity index is 467. The molecule has 0 bridgehead atoms. The van der Waals surface area contributed by atoms with E-state index in [4.69, 9.17) is 4.42 Å². The summed E-state index contributed by atoms with van der Waals surface area (Å²) in [6, 6.07) is 10.8. The van der Waals surface area contributed by atoms with Crippen LogP contribution in [0, 0.1) is 0 Å². The molecule has 2 rings (SSSR count). The summed E-state index contributed by atoms with van der Waals surface area (Å²) in [5.41, 5.74) is 0.951. The number of rotatable bonds is 5. The smallest absolute Gasteiger partial charge is 0.134 e. The molecule has 1 N–H and O–H groups in total. The van der Waals surface area contributed by atoms with Crippen LogP contribution in [0.5, 0.6) is 0 Å². The second-order valence-corrected chi connectivity index (χ2v) is 4.50. The molecule has 17 heavy (non-hydrogen) atoms. The van der Waals surface area contributed by atoms with Crippen LogP contribution in [0.1, 0.15) is 32.1 Å². The Balaban J connectivity index is 2.13. The van der Waals surface area contributed by atoms with Gasteiger partial charge in [-0.1, -0.05) is 24.3 Å². The highest BCUT2D eigenvalue weighted by Crippen LogP contribution is 2.23. The van der Waals surface area contributed by atoms with Crippen molar-refractivity contribution in [3.05, 3.63) is 48.7 Å². The Kier molecular flexibility index (Phi) is 3.64. The monoisotopic (exact) mass is 229 g/mol. The van der Waals surface area contributed by atoms with Gasteiger partial charge in [0.2, 0.25) is 0 Å². The van der Waals surface area contributed by atoms with Gasteiger partial charge in [0.05, 0.1) is 6.04 Å². The van der Waals surface area contributed by atoms with Gasteiger partial charge in [-0.3, -0.25) is 0 Å². The van der Waals surface area contributed by atoms with Gasteiger partial charge in [-0.2, -0.15) is 0 Å². The zero-order valence-electron chi connectivity index (χ0n) is 10.4. The van der Waals surface area contributed by atoms with Gasteiger partial charge >= 0.3 is 0 Å². The Hall–Kier alpha value is -1.54. The van der Waals surface area contributed by atoms with Gasteiger partial charge in [0.15, 0.2) is 0 Å². The van der Waals surface area contributed by atoms with E-state index >= 15 is 0 Å². The highest BCUT2D eigenvalue weighted by atomic mass is 16.3. The Morgan fingerprint density at radius 2 is 2.12 bits per heavy atom. The first-order valence-corrected chi connectivity index (χ1v) is 6.06. The third-order valence-corrected chi connectivity index (χ3v) is 2.93. The lowest BCUT2D eigenvalue weighted by molar-refractivity contribution is 0.412. The van der Waals surface area contributed by atoms with Gasteiger partial charge < -0.3 is 9.73 Å². The van der Waals surface area contributed by atoms with Crippen LogP contribution in [0.4, 0.5) is 0 Å². The standard InChI is InChI=1S/C15H19NO/c1-4-7-11(2)16-12(3)15-10-13-8-5-6-9-14(13)17-15/h4-6,8-12,16H,1,7H2,2-3H3. The number of benzene rings is 1. The topological polar surface area (TPSA) is 25.2 Å². The maximum absolute atomic E-state index is 5.82.